The Morgan fingerprint density at radius 3 is 2.55 bits per heavy atom. The fourth-order valence-corrected chi connectivity index (χ4v) is 1.67. The van der Waals surface area contributed by atoms with Gasteiger partial charge in [0.1, 0.15) is 0 Å². The maximum absolute atomic E-state index is 10.6. The molecule has 0 saturated heterocycles. The summed E-state index contributed by atoms with van der Waals surface area (Å²) < 4.78 is 0. The van der Waals surface area contributed by atoms with Gasteiger partial charge in [-0.2, -0.15) is 0 Å². The normalized spacial score (nSPS) is 18.6. The minimum atomic E-state index is -0.308. The first-order valence-corrected chi connectivity index (χ1v) is 4.20. The number of urea groups is 1. The van der Waals surface area contributed by atoms with Crippen LogP contribution in [0.4, 0.5) is 4.79 Å². The highest BCUT2D eigenvalue weighted by molar-refractivity contribution is 5.71. The summed E-state index contributed by atoms with van der Waals surface area (Å²) in [6.45, 7) is 0.843. The first-order valence-electron chi connectivity index (χ1n) is 4.20. The number of nitrogens with two attached hydrogens (primary N) is 1. The Hall–Kier alpha value is -0.730. The van der Waals surface area contributed by atoms with Gasteiger partial charge in [0.05, 0.1) is 0 Å². The topological polar surface area (TPSA) is 46.3 Å². The molecule has 11 heavy (non-hydrogen) atoms. The molecule has 3 nitrogen and oxygen atoms in total. The van der Waals surface area contributed by atoms with Gasteiger partial charge in [-0.15, -0.1) is 0 Å². The van der Waals surface area contributed by atoms with Crippen LogP contribution in [0.5, 0.6) is 0 Å². The summed E-state index contributed by atoms with van der Waals surface area (Å²) in [4.78, 5) is 12.2. The zero-order valence-corrected chi connectivity index (χ0v) is 7.05. The second-order valence-corrected chi connectivity index (χ2v) is 3.37. The molecule has 64 valence electrons. The molecule has 1 fully saturated rings. The Kier molecular flexibility index (Phi) is 2.74. The number of carbonyl (C=O) groups is 1. The molecule has 0 bridgehead atoms. The minimum Gasteiger partial charge on any atom is -0.351 e. The molecular weight excluding hydrogens is 140 g/mol. The van der Waals surface area contributed by atoms with Gasteiger partial charge in [-0.05, 0) is 18.8 Å². The van der Waals surface area contributed by atoms with E-state index >= 15 is 0 Å². The molecule has 2 amide bonds. The third-order valence-corrected chi connectivity index (χ3v) is 2.38. The van der Waals surface area contributed by atoms with E-state index in [0.717, 1.165) is 6.54 Å². The van der Waals surface area contributed by atoms with E-state index < -0.39 is 0 Å². The third-order valence-electron chi connectivity index (χ3n) is 2.38. The van der Waals surface area contributed by atoms with Crippen LogP contribution in [0.2, 0.25) is 0 Å². The van der Waals surface area contributed by atoms with Gasteiger partial charge in [0.15, 0.2) is 0 Å². The van der Waals surface area contributed by atoms with E-state index in [1.807, 2.05) is 0 Å². The van der Waals surface area contributed by atoms with Gasteiger partial charge in [-0.25, -0.2) is 4.79 Å². The number of hydrogen-bond acceptors (Lipinski definition) is 1. The van der Waals surface area contributed by atoms with Crippen LogP contribution in [-0.4, -0.2) is 24.5 Å². The largest absolute Gasteiger partial charge is 0.351 e. The maximum Gasteiger partial charge on any atom is 0.314 e. The molecule has 0 radical (unpaired) electrons. The lowest BCUT2D eigenvalue weighted by Crippen LogP contribution is -2.35. The molecule has 1 aliphatic rings. The second kappa shape index (κ2) is 3.60. The molecule has 0 aliphatic heterocycles. The van der Waals surface area contributed by atoms with E-state index in [4.69, 9.17) is 5.73 Å². The Bertz CT molecular complexity index is 141. The first-order chi connectivity index (χ1) is 5.20. The number of hydrogen-bond donors (Lipinski definition) is 1. The predicted molar refractivity (Wildman–Crippen MR) is 44.2 cm³/mol. The van der Waals surface area contributed by atoms with E-state index in [9.17, 15) is 4.79 Å². The molecule has 0 aromatic carbocycles. The zero-order valence-electron chi connectivity index (χ0n) is 7.05. The van der Waals surface area contributed by atoms with Crippen LogP contribution in [-0.2, 0) is 0 Å². The molecule has 2 N–H and O–H groups in total. The molecule has 0 heterocycles. The molecule has 0 atom stereocenters. The van der Waals surface area contributed by atoms with Crippen LogP contribution in [0.15, 0.2) is 0 Å². The Balaban J connectivity index is 2.23. The van der Waals surface area contributed by atoms with Gasteiger partial charge in [0.2, 0.25) is 0 Å². The number of nitrogens with zero attached hydrogens (tertiary/aromatic N) is 1. The Morgan fingerprint density at radius 2 is 2.09 bits per heavy atom. The summed E-state index contributed by atoms with van der Waals surface area (Å²) in [6.07, 6.45) is 5.16. The van der Waals surface area contributed by atoms with E-state index in [0.29, 0.717) is 5.92 Å². The van der Waals surface area contributed by atoms with Crippen LogP contribution < -0.4 is 5.73 Å². The van der Waals surface area contributed by atoms with Crippen LogP contribution in [0.1, 0.15) is 25.7 Å². The van der Waals surface area contributed by atoms with Crippen molar-refractivity contribution in [3.8, 4) is 0 Å². The summed E-state index contributed by atoms with van der Waals surface area (Å²) in [5.74, 6) is 0.701. The quantitative estimate of drug-likeness (QED) is 0.641. The second-order valence-electron chi connectivity index (χ2n) is 3.37. The first kappa shape index (κ1) is 8.37. The van der Waals surface area contributed by atoms with E-state index in [1.54, 1.807) is 11.9 Å². The van der Waals surface area contributed by atoms with Crippen molar-refractivity contribution in [2.75, 3.05) is 13.6 Å². The van der Waals surface area contributed by atoms with Gasteiger partial charge in [0, 0.05) is 13.6 Å². The highest BCUT2D eigenvalue weighted by atomic mass is 16.2. The Labute approximate surface area is 67.5 Å². The van der Waals surface area contributed by atoms with E-state index in [2.05, 4.69) is 0 Å². The highest BCUT2D eigenvalue weighted by Crippen LogP contribution is 2.24. The van der Waals surface area contributed by atoms with Crippen LogP contribution >= 0.6 is 0 Å². The number of primary amides is 1. The summed E-state index contributed by atoms with van der Waals surface area (Å²) >= 11 is 0. The molecule has 0 aromatic heterocycles. The lowest BCUT2D eigenvalue weighted by molar-refractivity contribution is 0.210. The lowest BCUT2D eigenvalue weighted by Gasteiger charge is -2.18. The fraction of sp³-hybridized carbons (Fsp3) is 0.875. The molecule has 0 spiro atoms. The molecule has 1 aliphatic carbocycles. The average molecular weight is 156 g/mol. The van der Waals surface area contributed by atoms with Crippen molar-refractivity contribution in [3.63, 3.8) is 0 Å². The predicted octanol–water partition coefficient (Wildman–Crippen LogP) is 1.19. The smallest absolute Gasteiger partial charge is 0.314 e. The van der Waals surface area contributed by atoms with Crippen molar-refractivity contribution >= 4 is 6.03 Å². The van der Waals surface area contributed by atoms with Gasteiger partial charge in [0.25, 0.3) is 0 Å². The third kappa shape index (κ3) is 2.41. The molecule has 0 unspecified atom stereocenters. The van der Waals surface area contributed by atoms with Crippen molar-refractivity contribution in [2.45, 2.75) is 25.7 Å². The summed E-state index contributed by atoms with van der Waals surface area (Å²) in [5.41, 5.74) is 5.10. The maximum atomic E-state index is 10.6. The SMILES string of the molecule is CN(CC1CCCC1)C(N)=O. The molecule has 1 saturated carbocycles. The van der Waals surface area contributed by atoms with Crippen molar-refractivity contribution in [2.24, 2.45) is 11.7 Å². The van der Waals surface area contributed by atoms with Crippen LogP contribution in [0.25, 0.3) is 0 Å². The summed E-state index contributed by atoms with van der Waals surface area (Å²) in [6, 6.07) is -0.308. The van der Waals surface area contributed by atoms with E-state index in [-0.39, 0.29) is 6.03 Å². The monoisotopic (exact) mass is 156 g/mol. The number of rotatable bonds is 2. The number of amides is 2. The van der Waals surface area contributed by atoms with Crippen molar-refractivity contribution in [1.29, 1.82) is 0 Å². The highest BCUT2D eigenvalue weighted by Gasteiger charge is 2.17. The summed E-state index contributed by atoms with van der Waals surface area (Å²) in [7, 11) is 1.76. The standard InChI is InChI=1S/C8H16N2O/c1-10(8(9)11)6-7-4-2-3-5-7/h7H,2-6H2,1H3,(H2,9,11). The van der Waals surface area contributed by atoms with Gasteiger partial charge in [-0.3, -0.25) is 0 Å². The lowest BCUT2D eigenvalue weighted by atomic mass is 10.1. The van der Waals surface area contributed by atoms with Crippen molar-refractivity contribution < 1.29 is 4.79 Å². The van der Waals surface area contributed by atoms with Crippen molar-refractivity contribution in [1.82, 2.24) is 4.90 Å². The number of carbonyl (C=O) groups excluding carboxylic acids is 1. The minimum absolute atomic E-state index is 0.308. The van der Waals surface area contributed by atoms with Crippen molar-refractivity contribution in [3.05, 3.63) is 0 Å². The van der Waals surface area contributed by atoms with Crippen LogP contribution in [0, 0.1) is 5.92 Å². The molecule has 0 aromatic rings. The van der Waals surface area contributed by atoms with E-state index in [1.165, 1.54) is 25.7 Å². The average Bonchev–Trinajstić information content (AvgIpc) is 2.39. The van der Waals surface area contributed by atoms with Gasteiger partial charge < -0.3 is 10.6 Å². The molecule has 3 heteroatoms. The Morgan fingerprint density at radius 1 is 1.55 bits per heavy atom. The fourth-order valence-electron chi connectivity index (χ4n) is 1.67. The van der Waals surface area contributed by atoms with Gasteiger partial charge >= 0.3 is 6.03 Å². The summed E-state index contributed by atoms with van der Waals surface area (Å²) in [5, 5.41) is 0. The van der Waals surface area contributed by atoms with Gasteiger partial charge in [-0.1, -0.05) is 12.8 Å². The zero-order chi connectivity index (χ0) is 8.27. The molecular formula is C8H16N2O. The molecule has 1 rings (SSSR count). The van der Waals surface area contributed by atoms with Crippen LogP contribution in [0.3, 0.4) is 0 Å².